The quantitative estimate of drug-likeness (QED) is 0.894. The lowest BCUT2D eigenvalue weighted by molar-refractivity contribution is -0.140. The summed E-state index contributed by atoms with van der Waals surface area (Å²) in [7, 11) is 0. The van der Waals surface area contributed by atoms with Crippen molar-refractivity contribution in [1.82, 2.24) is 15.2 Å². The van der Waals surface area contributed by atoms with E-state index in [-0.39, 0.29) is 5.69 Å². The van der Waals surface area contributed by atoms with E-state index in [0.717, 1.165) is 11.8 Å². The van der Waals surface area contributed by atoms with Crippen molar-refractivity contribution in [2.45, 2.75) is 24.9 Å². The Balaban J connectivity index is 1.81. The normalized spacial score (nSPS) is 17.6. The van der Waals surface area contributed by atoms with Gasteiger partial charge in [-0.3, -0.25) is 14.9 Å². The van der Waals surface area contributed by atoms with E-state index in [0.29, 0.717) is 18.5 Å². The molecule has 1 unspecified atom stereocenters. The van der Waals surface area contributed by atoms with Crippen LogP contribution in [0.5, 0.6) is 0 Å². The number of halogens is 3. The number of aromatic amines is 1. The highest BCUT2D eigenvalue weighted by Crippen LogP contribution is 2.35. The third kappa shape index (κ3) is 2.48. The maximum absolute atomic E-state index is 12.7. The second-order valence-electron chi connectivity index (χ2n) is 4.78. The first-order chi connectivity index (χ1) is 9.97. The Morgan fingerprint density at radius 2 is 2.24 bits per heavy atom. The number of fused-ring (bicyclic) bond motifs is 1. The zero-order valence-corrected chi connectivity index (χ0v) is 10.7. The van der Waals surface area contributed by atoms with Crippen LogP contribution in [0.15, 0.2) is 24.5 Å². The zero-order valence-electron chi connectivity index (χ0n) is 10.7. The summed E-state index contributed by atoms with van der Waals surface area (Å²) in [4.78, 5) is 16.4. The van der Waals surface area contributed by atoms with Crippen LogP contribution in [0.3, 0.4) is 0 Å². The monoisotopic (exact) mass is 296 g/mol. The number of rotatable bonds is 2. The number of nitrogens with zero attached hydrogens (tertiary/aromatic N) is 2. The average molecular weight is 296 g/mol. The number of nitrogens with one attached hydrogen (secondary N) is 2. The summed E-state index contributed by atoms with van der Waals surface area (Å²) in [6, 6.07) is 3.64. The van der Waals surface area contributed by atoms with Crippen molar-refractivity contribution in [3.63, 3.8) is 0 Å². The SMILES string of the molecule is O=C(Nc1cn[nH]c1C(F)(F)F)C1CCc2cccnc21. The van der Waals surface area contributed by atoms with Gasteiger partial charge in [-0.1, -0.05) is 6.07 Å². The third-order valence-corrected chi connectivity index (χ3v) is 3.46. The van der Waals surface area contributed by atoms with E-state index in [1.165, 1.54) is 0 Å². The molecular formula is C13H11F3N4O. The van der Waals surface area contributed by atoms with Crippen molar-refractivity contribution in [1.29, 1.82) is 0 Å². The summed E-state index contributed by atoms with van der Waals surface area (Å²) in [5, 5.41) is 7.48. The molecular weight excluding hydrogens is 285 g/mol. The third-order valence-electron chi connectivity index (χ3n) is 3.46. The molecule has 0 saturated carbocycles. The van der Waals surface area contributed by atoms with Gasteiger partial charge in [-0.05, 0) is 24.5 Å². The highest BCUT2D eigenvalue weighted by atomic mass is 19.4. The van der Waals surface area contributed by atoms with Crippen LogP contribution < -0.4 is 5.32 Å². The predicted octanol–water partition coefficient (Wildman–Crippen LogP) is 2.49. The molecule has 0 aromatic carbocycles. The maximum atomic E-state index is 12.7. The fourth-order valence-electron chi connectivity index (χ4n) is 2.48. The zero-order chi connectivity index (χ0) is 15.0. The largest absolute Gasteiger partial charge is 0.434 e. The molecule has 1 amide bonds. The van der Waals surface area contributed by atoms with E-state index < -0.39 is 23.7 Å². The molecule has 1 aliphatic carbocycles. The van der Waals surface area contributed by atoms with E-state index in [9.17, 15) is 18.0 Å². The van der Waals surface area contributed by atoms with Crippen LogP contribution in [0.4, 0.5) is 18.9 Å². The lowest BCUT2D eigenvalue weighted by Crippen LogP contribution is -2.21. The highest BCUT2D eigenvalue weighted by molar-refractivity contribution is 5.96. The molecule has 2 heterocycles. The van der Waals surface area contributed by atoms with E-state index in [2.05, 4.69) is 15.4 Å². The van der Waals surface area contributed by atoms with Crippen LogP contribution in [0.1, 0.15) is 29.3 Å². The number of anilines is 1. The molecule has 0 saturated heterocycles. The lowest BCUT2D eigenvalue weighted by atomic mass is 10.1. The van der Waals surface area contributed by atoms with Crippen LogP contribution in [0.25, 0.3) is 0 Å². The molecule has 0 spiro atoms. The van der Waals surface area contributed by atoms with Gasteiger partial charge in [0, 0.05) is 6.20 Å². The van der Waals surface area contributed by atoms with Crippen molar-refractivity contribution >= 4 is 11.6 Å². The Kier molecular flexibility index (Phi) is 3.15. The molecule has 0 radical (unpaired) electrons. The first-order valence-corrected chi connectivity index (χ1v) is 6.32. The van der Waals surface area contributed by atoms with Crippen LogP contribution in [-0.4, -0.2) is 21.1 Å². The minimum absolute atomic E-state index is 0.364. The predicted molar refractivity (Wildman–Crippen MR) is 67.5 cm³/mol. The fourth-order valence-corrected chi connectivity index (χ4v) is 2.48. The van der Waals surface area contributed by atoms with Crippen molar-refractivity contribution in [2.75, 3.05) is 5.32 Å². The van der Waals surface area contributed by atoms with Gasteiger partial charge >= 0.3 is 6.18 Å². The number of amides is 1. The number of carbonyl (C=O) groups excluding carboxylic acids is 1. The minimum atomic E-state index is -4.59. The molecule has 2 aromatic rings. The summed E-state index contributed by atoms with van der Waals surface area (Å²) in [6.45, 7) is 0. The number of H-pyrrole nitrogens is 1. The van der Waals surface area contributed by atoms with E-state index in [1.54, 1.807) is 12.3 Å². The molecule has 110 valence electrons. The number of hydrogen-bond donors (Lipinski definition) is 2. The summed E-state index contributed by atoms with van der Waals surface area (Å²) in [5.74, 6) is -1.03. The van der Waals surface area contributed by atoms with Crippen molar-refractivity contribution in [3.05, 3.63) is 41.5 Å². The highest BCUT2D eigenvalue weighted by Gasteiger charge is 2.37. The average Bonchev–Trinajstić information content (AvgIpc) is 3.03. The maximum Gasteiger partial charge on any atom is 0.434 e. The van der Waals surface area contributed by atoms with Gasteiger partial charge < -0.3 is 5.32 Å². The summed E-state index contributed by atoms with van der Waals surface area (Å²) >= 11 is 0. The van der Waals surface area contributed by atoms with Gasteiger partial charge in [0.25, 0.3) is 0 Å². The Morgan fingerprint density at radius 1 is 1.43 bits per heavy atom. The Labute approximate surface area is 117 Å². The number of aryl methyl sites for hydroxylation is 1. The molecule has 21 heavy (non-hydrogen) atoms. The van der Waals surface area contributed by atoms with Gasteiger partial charge in [0.05, 0.1) is 23.5 Å². The molecule has 3 rings (SSSR count). The second kappa shape index (κ2) is 4.87. The molecule has 0 bridgehead atoms. The molecule has 1 aliphatic rings. The number of alkyl halides is 3. The van der Waals surface area contributed by atoms with Crippen LogP contribution in [0, 0.1) is 0 Å². The van der Waals surface area contributed by atoms with Crippen molar-refractivity contribution in [3.8, 4) is 0 Å². The van der Waals surface area contributed by atoms with E-state index in [4.69, 9.17) is 0 Å². The lowest BCUT2D eigenvalue weighted by Gasteiger charge is -2.12. The van der Waals surface area contributed by atoms with Gasteiger partial charge in [0.2, 0.25) is 5.91 Å². The van der Waals surface area contributed by atoms with Crippen LogP contribution in [0.2, 0.25) is 0 Å². The number of hydrogen-bond acceptors (Lipinski definition) is 3. The Morgan fingerprint density at radius 3 is 3.00 bits per heavy atom. The molecule has 2 aromatic heterocycles. The van der Waals surface area contributed by atoms with Crippen LogP contribution in [-0.2, 0) is 17.4 Å². The van der Waals surface area contributed by atoms with Crippen LogP contribution >= 0.6 is 0 Å². The van der Waals surface area contributed by atoms with Gasteiger partial charge in [0.15, 0.2) is 5.69 Å². The topological polar surface area (TPSA) is 70.7 Å². The Hall–Kier alpha value is -2.38. The van der Waals surface area contributed by atoms with Gasteiger partial charge in [0.1, 0.15) is 0 Å². The number of aromatic nitrogens is 3. The van der Waals surface area contributed by atoms with Gasteiger partial charge in [-0.15, -0.1) is 0 Å². The molecule has 8 heteroatoms. The summed E-state index contributed by atoms with van der Waals surface area (Å²) < 4.78 is 38.1. The molecule has 2 N–H and O–H groups in total. The van der Waals surface area contributed by atoms with Crippen molar-refractivity contribution in [2.24, 2.45) is 0 Å². The standard InChI is InChI=1S/C13H11F3N4O/c14-13(15,16)11-9(6-18-20-11)19-12(21)8-4-3-7-2-1-5-17-10(7)8/h1-2,5-6,8H,3-4H2,(H,18,20)(H,19,21). The smallest absolute Gasteiger partial charge is 0.322 e. The summed E-state index contributed by atoms with van der Waals surface area (Å²) in [6.07, 6.45) is -0.834. The molecule has 1 atom stereocenters. The van der Waals surface area contributed by atoms with E-state index >= 15 is 0 Å². The van der Waals surface area contributed by atoms with E-state index in [1.807, 2.05) is 11.2 Å². The van der Waals surface area contributed by atoms with Crippen molar-refractivity contribution < 1.29 is 18.0 Å². The molecule has 5 nitrogen and oxygen atoms in total. The minimum Gasteiger partial charge on any atom is -0.322 e. The first-order valence-electron chi connectivity index (χ1n) is 6.32. The number of carbonyl (C=O) groups is 1. The van der Waals surface area contributed by atoms with Gasteiger partial charge in [-0.25, -0.2) is 0 Å². The molecule has 0 fully saturated rings. The van der Waals surface area contributed by atoms with Gasteiger partial charge in [-0.2, -0.15) is 18.3 Å². The summed E-state index contributed by atoms with van der Waals surface area (Å²) in [5.41, 5.74) is 0.167. The first kappa shape index (κ1) is 13.6. The fraction of sp³-hybridized carbons (Fsp3) is 0.308. The Bertz CT molecular complexity index is 680. The number of pyridine rings is 1. The molecule has 0 aliphatic heterocycles. The second-order valence-corrected chi connectivity index (χ2v) is 4.78.